The molecular formula is C17H21N3O2. The Hall–Kier alpha value is -2.17. The van der Waals surface area contributed by atoms with Gasteiger partial charge in [0.15, 0.2) is 5.82 Å². The maximum atomic E-state index is 12.2. The van der Waals surface area contributed by atoms with Crippen LogP contribution in [0.4, 0.5) is 0 Å². The van der Waals surface area contributed by atoms with Crippen molar-refractivity contribution in [2.45, 2.75) is 51.5 Å². The Kier molecular flexibility index (Phi) is 4.51. The smallest absolute Gasteiger partial charge is 0.251 e. The molecule has 0 bridgehead atoms. The van der Waals surface area contributed by atoms with Crippen LogP contribution in [0, 0.1) is 6.92 Å². The number of hydrogen-bond acceptors (Lipinski definition) is 4. The first-order chi connectivity index (χ1) is 10.7. The van der Waals surface area contributed by atoms with E-state index in [1.54, 1.807) is 0 Å². The minimum Gasteiger partial charge on any atom is -0.345 e. The zero-order valence-electron chi connectivity index (χ0n) is 12.8. The van der Waals surface area contributed by atoms with Crippen molar-refractivity contribution in [1.82, 2.24) is 15.5 Å². The van der Waals surface area contributed by atoms with Crippen LogP contribution in [0.25, 0.3) is 0 Å². The highest BCUT2D eigenvalue weighted by Crippen LogP contribution is 2.31. The third-order valence-corrected chi connectivity index (χ3v) is 4.23. The molecule has 1 aliphatic carbocycles. The quantitative estimate of drug-likeness (QED) is 0.940. The van der Waals surface area contributed by atoms with Gasteiger partial charge in [0.05, 0.1) is 6.54 Å². The molecule has 1 aromatic carbocycles. The number of carbonyl (C=O) groups is 1. The van der Waals surface area contributed by atoms with Gasteiger partial charge in [0.25, 0.3) is 5.91 Å². The summed E-state index contributed by atoms with van der Waals surface area (Å²) in [6.45, 7) is 2.22. The van der Waals surface area contributed by atoms with Crippen LogP contribution in [0.15, 0.2) is 28.8 Å². The van der Waals surface area contributed by atoms with Gasteiger partial charge >= 0.3 is 0 Å². The molecule has 1 aliphatic rings. The van der Waals surface area contributed by atoms with E-state index >= 15 is 0 Å². The molecule has 0 atom stereocenters. The topological polar surface area (TPSA) is 68.0 Å². The van der Waals surface area contributed by atoms with E-state index < -0.39 is 0 Å². The van der Waals surface area contributed by atoms with E-state index in [9.17, 15) is 4.79 Å². The lowest BCUT2D eigenvalue weighted by Crippen LogP contribution is -2.24. The van der Waals surface area contributed by atoms with E-state index in [-0.39, 0.29) is 5.91 Å². The molecule has 0 unspecified atom stereocenters. The number of nitrogens with zero attached hydrogens (tertiary/aromatic N) is 2. The normalized spacial score (nSPS) is 15.7. The van der Waals surface area contributed by atoms with Crippen molar-refractivity contribution in [3.8, 4) is 0 Å². The van der Waals surface area contributed by atoms with Gasteiger partial charge in [0.2, 0.25) is 5.89 Å². The van der Waals surface area contributed by atoms with E-state index in [1.165, 1.54) is 19.3 Å². The Morgan fingerprint density at radius 2 is 2.05 bits per heavy atom. The van der Waals surface area contributed by atoms with Crippen LogP contribution in [0.5, 0.6) is 0 Å². The van der Waals surface area contributed by atoms with Gasteiger partial charge in [0, 0.05) is 11.5 Å². The predicted molar refractivity (Wildman–Crippen MR) is 82.5 cm³/mol. The van der Waals surface area contributed by atoms with Gasteiger partial charge in [-0.05, 0) is 31.4 Å². The summed E-state index contributed by atoms with van der Waals surface area (Å²) < 4.78 is 5.35. The van der Waals surface area contributed by atoms with Gasteiger partial charge in [-0.1, -0.05) is 42.6 Å². The molecule has 116 valence electrons. The number of benzene rings is 1. The van der Waals surface area contributed by atoms with Crippen LogP contribution in [-0.4, -0.2) is 16.0 Å². The fraction of sp³-hybridized carbons (Fsp3) is 0.471. The highest BCUT2D eigenvalue weighted by molar-refractivity contribution is 5.95. The van der Waals surface area contributed by atoms with Gasteiger partial charge in [-0.2, -0.15) is 4.98 Å². The largest absolute Gasteiger partial charge is 0.345 e. The van der Waals surface area contributed by atoms with Crippen molar-refractivity contribution < 1.29 is 9.32 Å². The molecule has 5 heteroatoms. The summed E-state index contributed by atoms with van der Waals surface area (Å²) in [7, 11) is 0. The number of aromatic nitrogens is 2. The van der Waals surface area contributed by atoms with Crippen molar-refractivity contribution in [2.75, 3.05) is 0 Å². The van der Waals surface area contributed by atoms with E-state index in [2.05, 4.69) is 15.5 Å². The minimum absolute atomic E-state index is 0.109. The SMILES string of the molecule is Cc1ccccc1C(=O)NCc1noc(C2CCCCC2)n1. The standard InChI is InChI=1S/C17H21N3O2/c1-12-7-5-6-10-14(12)16(21)18-11-15-19-17(22-20-15)13-8-3-2-4-9-13/h5-7,10,13H,2-4,8-9,11H2,1H3,(H,18,21). The molecule has 1 N–H and O–H groups in total. The van der Waals surface area contributed by atoms with Gasteiger partial charge in [-0.15, -0.1) is 0 Å². The first-order valence-electron chi connectivity index (χ1n) is 7.90. The predicted octanol–water partition coefficient (Wildman–Crippen LogP) is 3.36. The molecule has 2 aromatic rings. The average molecular weight is 299 g/mol. The Morgan fingerprint density at radius 1 is 1.27 bits per heavy atom. The van der Waals surface area contributed by atoms with Gasteiger partial charge in [0.1, 0.15) is 0 Å². The molecular weight excluding hydrogens is 278 g/mol. The molecule has 1 saturated carbocycles. The minimum atomic E-state index is -0.109. The number of hydrogen-bond donors (Lipinski definition) is 1. The Labute approximate surface area is 130 Å². The highest BCUT2D eigenvalue weighted by atomic mass is 16.5. The molecule has 5 nitrogen and oxygen atoms in total. The fourth-order valence-electron chi connectivity index (χ4n) is 2.94. The van der Waals surface area contributed by atoms with Crippen LogP contribution >= 0.6 is 0 Å². The average Bonchev–Trinajstić information content (AvgIpc) is 3.03. The number of rotatable bonds is 4. The molecule has 3 rings (SSSR count). The van der Waals surface area contributed by atoms with Crippen LogP contribution < -0.4 is 5.32 Å². The number of nitrogens with one attached hydrogen (secondary N) is 1. The molecule has 22 heavy (non-hydrogen) atoms. The molecule has 1 aromatic heterocycles. The summed E-state index contributed by atoms with van der Waals surface area (Å²) in [6.07, 6.45) is 6.00. The maximum Gasteiger partial charge on any atom is 0.251 e. The van der Waals surface area contributed by atoms with Crippen LogP contribution in [0.1, 0.15) is 65.7 Å². The lowest BCUT2D eigenvalue weighted by atomic mass is 9.89. The summed E-state index contributed by atoms with van der Waals surface area (Å²) in [6, 6.07) is 7.51. The zero-order valence-corrected chi connectivity index (χ0v) is 12.8. The van der Waals surface area contributed by atoms with E-state index in [0.29, 0.717) is 23.9 Å². The van der Waals surface area contributed by atoms with Crippen LogP contribution in [0.3, 0.4) is 0 Å². The molecule has 0 saturated heterocycles. The molecule has 1 amide bonds. The Morgan fingerprint density at radius 3 is 2.82 bits per heavy atom. The fourth-order valence-corrected chi connectivity index (χ4v) is 2.94. The monoisotopic (exact) mass is 299 g/mol. The summed E-state index contributed by atoms with van der Waals surface area (Å²) in [4.78, 5) is 16.6. The summed E-state index contributed by atoms with van der Waals surface area (Å²) in [5.74, 6) is 1.55. The van der Waals surface area contributed by atoms with Crippen LogP contribution in [0.2, 0.25) is 0 Å². The zero-order chi connectivity index (χ0) is 15.4. The van der Waals surface area contributed by atoms with Gasteiger partial charge < -0.3 is 9.84 Å². The van der Waals surface area contributed by atoms with Crippen molar-refractivity contribution >= 4 is 5.91 Å². The number of amides is 1. The number of aryl methyl sites for hydroxylation is 1. The van der Waals surface area contributed by atoms with Crippen molar-refractivity contribution in [2.24, 2.45) is 0 Å². The lowest BCUT2D eigenvalue weighted by molar-refractivity contribution is 0.0949. The van der Waals surface area contributed by atoms with Crippen LogP contribution in [-0.2, 0) is 6.54 Å². The second kappa shape index (κ2) is 6.73. The van der Waals surface area contributed by atoms with E-state index in [4.69, 9.17) is 4.52 Å². The first kappa shape index (κ1) is 14.8. The van der Waals surface area contributed by atoms with Crippen molar-refractivity contribution in [3.05, 3.63) is 47.1 Å². The molecule has 1 heterocycles. The molecule has 0 spiro atoms. The maximum absolute atomic E-state index is 12.2. The number of carbonyl (C=O) groups excluding carboxylic acids is 1. The summed E-state index contributed by atoms with van der Waals surface area (Å²) >= 11 is 0. The lowest BCUT2D eigenvalue weighted by Gasteiger charge is -2.17. The van der Waals surface area contributed by atoms with Gasteiger partial charge in [-0.3, -0.25) is 4.79 Å². The van der Waals surface area contributed by atoms with E-state index in [1.807, 2.05) is 31.2 Å². The second-order valence-electron chi connectivity index (χ2n) is 5.88. The molecule has 0 radical (unpaired) electrons. The van der Waals surface area contributed by atoms with Crippen molar-refractivity contribution in [3.63, 3.8) is 0 Å². The van der Waals surface area contributed by atoms with Gasteiger partial charge in [-0.25, -0.2) is 0 Å². The molecule has 0 aliphatic heterocycles. The molecule has 1 fully saturated rings. The summed E-state index contributed by atoms with van der Waals surface area (Å²) in [5.41, 5.74) is 1.63. The third-order valence-electron chi connectivity index (χ3n) is 4.23. The third kappa shape index (κ3) is 3.35. The summed E-state index contributed by atoms with van der Waals surface area (Å²) in [5, 5.41) is 6.83. The van der Waals surface area contributed by atoms with Crippen molar-refractivity contribution in [1.29, 1.82) is 0 Å². The highest BCUT2D eigenvalue weighted by Gasteiger charge is 2.21. The Balaban J connectivity index is 1.59. The first-order valence-corrected chi connectivity index (χ1v) is 7.90. The Bertz CT molecular complexity index is 645. The second-order valence-corrected chi connectivity index (χ2v) is 5.88. The van der Waals surface area contributed by atoms with E-state index in [0.717, 1.165) is 24.3 Å².